The van der Waals surface area contributed by atoms with Gasteiger partial charge in [-0.05, 0) is 0 Å². The number of esters is 1. The number of aliphatic hydroxyl groups excluding tert-OH is 1. The molecule has 1 saturated heterocycles. The van der Waals surface area contributed by atoms with Gasteiger partial charge in [0.25, 0.3) is 5.56 Å². The lowest BCUT2D eigenvalue weighted by molar-refractivity contribution is -0.150. The number of carbonyl (C=O) groups excluding carboxylic acids is 1. The van der Waals surface area contributed by atoms with Crippen LogP contribution in [-0.4, -0.2) is 40.9 Å². The number of H-pyrrole nitrogens is 1. The lowest BCUT2D eigenvalue weighted by atomic mass is 10.2. The maximum atomic E-state index is 12.0. The van der Waals surface area contributed by atoms with Gasteiger partial charge in [-0.1, -0.05) is 18.8 Å². The molecular weight excluding hydrogens is 304 g/mol. The van der Waals surface area contributed by atoms with E-state index in [4.69, 9.17) is 10.9 Å². The number of hydrogen-bond acceptors (Lipinski definition) is 6. The zero-order chi connectivity index (χ0) is 17.7. The van der Waals surface area contributed by atoms with Crippen LogP contribution in [-0.2, 0) is 14.3 Å². The van der Waals surface area contributed by atoms with Crippen LogP contribution in [0.2, 0.25) is 0 Å². The van der Waals surface area contributed by atoms with Gasteiger partial charge in [-0.3, -0.25) is 19.1 Å². The molecule has 2 rings (SSSR count). The SMILES string of the molecule is [2H]OC[C@H]1O[C@@H](n2cc(C#CCC)c(=O)[nH]c2=O)CC1OC(C)=O. The van der Waals surface area contributed by atoms with Crippen molar-refractivity contribution in [2.45, 2.75) is 45.1 Å². The monoisotopic (exact) mass is 323 g/mol. The van der Waals surface area contributed by atoms with E-state index < -0.39 is 35.7 Å². The molecular formula is C15H18N2O6. The molecule has 1 aromatic heterocycles. The van der Waals surface area contributed by atoms with Crippen LogP contribution in [0.5, 0.6) is 0 Å². The number of hydrogen-bond donors (Lipinski definition) is 2. The molecule has 0 bridgehead atoms. The first kappa shape index (κ1) is 15.5. The van der Waals surface area contributed by atoms with Crippen LogP contribution in [0.1, 0.15) is 38.5 Å². The average Bonchev–Trinajstić information content (AvgIpc) is 2.88. The smallest absolute Gasteiger partial charge is 0.330 e. The zero-order valence-corrected chi connectivity index (χ0v) is 12.8. The van der Waals surface area contributed by atoms with Crippen LogP contribution in [0.15, 0.2) is 15.8 Å². The number of aliphatic hydroxyl groups is 1. The molecule has 0 spiro atoms. The first-order chi connectivity index (χ1) is 11.5. The van der Waals surface area contributed by atoms with Crippen molar-refractivity contribution in [2.75, 3.05) is 6.61 Å². The molecule has 23 heavy (non-hydrogen) atoms. The van der Waals surface area contributed by atoms with Crippen LogP contribution in [0.3, 0.4) is 0 Å². The zero-order valence-electron chi connectivity index (χ0n) is 13.8. The molecule has 0 aliphatic carbocycles. The van der Waals surface area contributed by atoms with Crippen LogP contribution in [0, 0.1) is 11.8 Å². The third-order valence-electron chi connectivity index (χ3n) is 3.34. The van der Waals surface area contributed by atoms with E-state index in [9.17, 15) is 14.4 Å². The number of aromatic amines is 1. The molecule has 0 radical (unpaired) electrons. The Bertz CT molecular complexity index is 775. The second-order valence-electron chi connectivity index (χ2n) is 5.04. The Morgan fingerprint density at radius 2 is 2.43 bits per heavy atom. The highest BCUT2D eigenvalue weighted by molar-refractivity contribution is 5.66. The van der Waals surface area contributed by atoms with Gasteiger partial charge >= 0.3 is 11.7 Å². The summed E-state index contributed by atoms with van der Waals surface area (Å²) in [6, 6.07) is 0. The number of rotatable bonds is 4. The second kappa shape index (κ2) is 7.26. The molecule has 3 atom stereocenters. The van der Waals surface area contributed by atoms with E-state index in [2.05, 4.69) is 21.9 Å². The Kier molecular flexibility index (Phi) is 4.90. The van der Waals surface area contributed by atoms with Crippen molar-refractivity contribution < 1.29 is 19.4 Å². The number of ether oxygens (including phenoxy) is 2. The van der Waals surface area contributed by atoms with Gasteiger partial charge in [-0.15, -0.1) is 0 Å². The molecule has 8 nitrogen and oxygen atoms in total. The third kappa shape index (κ3) is 3.88. The molecule has 2 heterocycles. The van der Waals surface area contributed by atoms with Gasteiger partial charge in [0.15, 0.2) is 0 Å². The molecule has 1 aromatic rings. The van der Waals surface area contributed by atoms with Crippen molar-refractivity contribution >= 4 is 5.97 Å². The maximum Gasteiger partial charge on any atom is 0.330 e. The Balaban J connectivity index is 2.32. The molecule has 124 valence electrons. The average molecular weight is 323 g/mol. The summed E-state index contributed by atoms with van der Waals surface area (Å²) in [5, 5.41) is 4.31. The molecule has 1 fully saturated rings. The fourth-order valence-electron chi connectivity index (χ4n) is 2.33. The molecule has 1 aliphatic heterocycles. The number of aromatic nitrogens is 2. The van der Waals surface area contributed by atoms with Crippen LogP contribution in [0.25, 0.3) is 0 Å². The summed E-state index contributed by atoms with van der Waals surface area (Å²) < 4.78 is 18.8. The Morgan fingerprint density at radius 3 is 3.09 bits per heavy atom. The predicted molar refractivity (Wildman–Crippen MR) is 79.7 cm³/mol. The maximum absolute atomic E-state index is 12.0. The fraction of sp³-hybridized carbons (Fsp3) is 0.533. The van der Waals surface area contributed by atoms with Crippen molar-refractivity contribution in [1.29, 1.82) is 1.43 Å². The predicted octanol–water partition coefficient (Wildman–Crippen LogP) is -0.490. The molecule has 0 aromatic carbocycles. The minimum absolute atomic E-state index is 0.116. The van der Waals surface area contributed by atoms with E-state index >= 15 is 0 Å². The summed E-state index contributed by atoms with van der Waals surface area (Å²) in [4.78, 5) is 37.2. The lowest BCUT2D eigenvalue weighted by Crippen LogP contribution is -2.33. The van der Waals surface area contributed by atoms with E-state index in [1.807, 2.05) is 6.92 Å². The van der Waals surface area contributed by atoms with Gasteiger partial charge in [-0.25, -0.2) is 4.79 Å². The summed E-state index contributed by atoms with van der Waals surface area (Å²) >= 11 is 0. The highest BCUT2D eigenvalue weighted by atomic mass is 16.6. The highest BCUT2D eigenvalue weighted by Gasteiger charge is 2.38. The van der Waals surface area contributed by atoms with Crippen molar-refractivity contribution in [3.63, 3.8) is 0 Å². The van der Waals surface area contributed by atoms with Gasteiger partial charge in [0.05, 0.1) is 6.61 Å². The summed E-state index contributed by atoms with van der Waals surface area (Å²) in [7, 11) is 0. The van der Waals surface area contributed by atoms with E-state index in [-0.39, 0.29) is 18.6 Å². The Hall–Kier alpha value is -2.37. The largest absolute Gasteiger partial charge is 0.460 e. The second-order valence-corrected chi connectivity index (χ2v) is 5.04. The standard InChI is InChI=1S/C15H18N2O6/c1-3-4-5-10-7-17(15(21)16-14(10)20)13-6-11(22-9(2)19)12(8-18)23-13/h7,11-13,18H,3,6,8H2,1-2H3,(H,16,20,21)/t11?,12-,13-/m1/s1/i18D. The van der Waals surface area contributed by atoms with Gasteiger partial charge in [-0.2, -0.15) is 0 Å². The minimum atomic E-state index is -0.763. The highest BCUT2D eigenvalue weighted by Crippen LogP contribution is 2.29. The molecule has 0 saturated carbocycles. The van der Waals surface area contributed by atoms with Gasteiger partial charge in [0.1, 0.15) is 24.0 Å². The van der Waals surface area contributed by atoms with Crippen molar-refractivity contribution in [1.82, 2.24) is 9.55 Å². The van der Waals surface area contributed by atoms with Gasteiger partial charge in [0, 0.05) is 26.0 Å². The summed E-state index contributed by atoms with van der Waals surface area (Å²) in [6.07, 6.45) is -0.0115. The minimum Gasteiger partial charge on any atom is -0.460 e. The van der Waals surface area contributed by atoms with Gasteiger partial charge < -0.3 is 14.6 Å². The van der Waals surface area contributed by atoms with E-state index in [1.165, 1.54) is 17.7 Å². The normalized spacial score (nSPS) is 23.7. The molecule has 8 heteroatoms. The molecule has 0 amide bonds. The van der Waals surface area contributed by atoms with Crippen molar-refractivity contribution in [2.24, 2.45) is 0 Å². The molecule has 1 unspecified atom stereocenters. The fourth-order valence-corrected chi connectivity index (χ4v) is 2.33. The van der Waals surface area contributed by atoms with E-state index in [0.29, 0.717) is 6.42 Å². The first-order valence-electron chi connectivity index (χ1n) is 7.62. The summed E-state index contributed by atoms with van der Waals surface area (Å²) in [6.45, 7) is 2.98. The van der Waals surface area contributed by atoms with Crippen LogP contribution >= 0.6 is 0 Å². The Labute approximate surface area is 133 Å². The van der Waals surface area contributed by atoms with Gasteiger partial charge in [0.2, 0.25) is 1.43 Å². The Morgan fingerprint density at radius 1 is 1.65 bits per heavy atom. The lowest BCUT2D eigenvalue weighted by Gasteiger charge is -2.15. The van der Waals surface area contributed by atoms with E-state index in [0.717, 1.165) is 0 Å². The summed E-state index contributed by atoms with van der Waals surface area (Å²) in [5.41, 5.74) is -1.08. The topological polar surface area (TPSA) is 111 Å². The third-order valence-corrected chi connectivity index (χ3v) is 3.34. The number of carbonyl (C=O) groups is 1. The van der Waals surface area contributed by atoms with Crippen molar-refractivity contribution in [3.05, 3.63) is 32.6 Å². The number of nitrogens with one attached hydrogen (secondary N) is 1. The van der Waals surface area contributed by atoms with Crippen LogP contribution in [0.4, 0.5) is 0 Å². The first-order valence-corrected chi connectivity index (χ1v) is 7.21. The number of nitrogens with zero attached hydrogens (tertiary/aromatic N) is 1. The quantitative estimate of drug-likeness (QED) is 0.571. The van der Waals surface area contributed by atoms with E-state index in [1.54, 1.807) is 0 Å². The molecule has 2 N–H and O–H groups in total. The summed E-state index contributed by atoms with van der Waals surface area (Å²) in [5.74, 6) is 4.95. The van der Waals surface area contributed by atoms with Crippen LogP contribution < -0.4 is 11.2 Å². The van der Waals surface area contributed by atoms with Crippen molar-refractivity contribution in [3.8, 4) is 11.8 Å². The molecule has 1 aliphatic rings.